The third-order valence-corrected chi connectivity index (χ3v) is 5.84. The molecule has 1 aliphatic carbocycles. The van der Waals surface area contributed by atoms with E-state index in [4.69, 9.17) is 0 Å². The largest absolute Gasteiger partial charge is 0.341 e. The minimum Gasteiger partial charge on any atom is -0.341 e. The van der Waals surface area contributed by atoms with E-state index >= 15 is 0 Å². The molecule has 126 valence electrons. The fraction of sp³-hybridized carbons (Fsp3) is 0.474. The summed E-state index contributed by atoms with van der Waals surface area (Å²) in [5, 5.41) is 2.11. The van der Waals surface area contributed by atoms with Crippen molar-refractivity contribution in [2.75, 3.05) is 26.2 Å². The third-order valence-electron chi connectivity index (χ3n) is 5.20. The highest BCUT2D eigenvalue weighted by Gasteiger charge is 2.32. The Morgan fingerprint density at radius 1 is 1.21 bits per heavy atom. The summed E-state index contributed by atoms with van der Waals surface area (Å²) < 4.78 is 0. The van der Waals surface area contributed by atoms with Gasteiger partial charge in [0, 0.05) is 38.1 Å². The second-order valence-electron chi connectivity index (χ2n) is 6.72. The van der Waals surface area contributed by atoms with Crippen LogP contribution in [0.3, 0.4) is 0 Å². The van der Waals surface area contributed by atoms with E-state index in [0.29, 0.717) is 5.91 Å². The number of rotatable bonds is 3. The van der Waals surface area contributed by atoms with E-state index in [1.807, 2.05) is 5.51 Å². The Hall–Kier alpha value is -1.72. The van der Waals surface area contributed by atoms with E-state index in [1.165, 1.54) is 11.1 Å². The molecule has 1 aliphatic heterocycles. The summed E-state index contributed by atoms with van der Waals surface area (Å²) >= 11 is 1.65. The number of carbonyl (C=O) groups excluding carboxylic acids is 1. The highest BCUT2D eigenvalue weighted by atomic mass is 32.1. The molecule has 2 heterocycles. The van der Waals surface area contributed by atoms with Crippen LogP contribution in [-0.4, -0.2) is 46.9 Å². The van der Waals surface area contributed by atoms with Crippen LogP contribution in [0.15, 0.2) is 35.2 Å². The van der Waals surface area contributed by atoms with Crippen molar-refractivity contribution in [1.29, 1.82) is 0 Å². The fourth-order valence-corrected chi connectivity index (χ4v) is 4.48. The normalized spacial score (nSPS) is 21.5. The highest BCUT2D eigenvalue weighted by Crippen LogP contribution is 2.34. The smallest absolute Gasteiger partial charge is 0.230 e. The number of aromatic nitrogens is 1. The second-order valence-corrected chi connectivity index (χ2v) is 7.44. The van der Waals surface area contributed by atoms with Crippen LogP contribution in [0.5, 0.6) is 0 Å². The zero-order chi connectivity index (χ0) is 16.4. The van der Waals surface area contributed by atoms with Gasteiger partial charge in [0.15, 0.2) is 0 Å². The Morgan fingerprint density at radius 3 is 3.00 bits per heavy atom. The molecule has 0 N–H and O–H groups in total. The summed E-state index contributed by atoms with van der Waals surface area (Å²) in [4.78, 5) is 21.9. The highest BCUT2D eigenvalue weighted by molar-refractivity contribution is 7.07. The Kier molecular flexibility index (Phi) is 4.63. The van der Waals surface area contributed by atoms with E-state index in [2.05, 4.69) is 44.4 Å². The molecule has 4 rings (SSSR count). The van der Waals surface area contributed by atoms with Gasteiger partial charge < -0.3 is 4.90 Å². The van der Waals surface area contributed by atoms with Crippen LogP contribution in [0.1, 0.15) is 35.6 Å². The molecule has 1 aromatic heterocycles. The quantitative estimate of drug-likeness (QED) is 0.861. The first-order valence-electron chi connectivity index (χ1n) is 8.77. The fourth-order valence-electron chi connectivity index (χ4n) is 3.93. The number of hydrogen-bond acceptors (Lipinski definition) is 4. The molecule has 0 spiro atoms. The molecule has 1 fully saturated rings. The Bertz CT molecular complexity index is 700. The SMILES string of the molecule is O=C(C1CCc2ccccc21)N1CCCN(Cc2cscn2)CC1. The Labute approximate surface area is 147 Å². The van der Waals surface area contributed by atoms with E-state index in [-0.39, 0.29) is 5.92 Å². The standard InChI is InChI=1S/C19H23N3OS/c23-19(18-7-6-15-4-1-2-5-17(15)18)22-9-3-8-21(10-11-22)12-16-13-24-14-20-16/h1-2,4-5,13-14,18H,3,6-12H2. The predicted molar refractivity (Wildman–Crippen MR) is 96.1 cm³/mol. The lowest BCUT2D eigenvalue weighted by Gasteiger charge is -2.25. The van der Waals surface area contributed by atoms with Crippen LogP contribution < -0.4 is 0 Å². The van der Waals surface area contributed by atoms with Gasteiger partial charge in [-0.1, -0.05) is 24.3 Å². The lowest BCUT2D eigenvalue weighted by molar-refractivity contribution is -0.132. The van der Waals surface area contributed by atoms with Crippen molar-refractivity contribution >= 4 is 17.2 Å². The Balaban J connectivity index is 1.39. The third kappa shape index (κ3) is 3.23. The maximum atomic E-state index is 13.0. The number of hydrogen-bond donors (Lipinski definition) is 0. The molecule has 1 unspecified atom stereocenters. The lowest BCUT2D eigenvalue weighted by atomic mass is 10.00. The Morgan fingerprint density at radius 2 is 2.12 bits per heavy atom. The van der Waals surface area contributed by atoms with Crippen LogP contribution in [-0.2, 0) is 17.8 Å². The molecular formula is C19H23N3OS. The zero-order valence-corrected chi connectivity index (χ0v) is 14.7. The van der Waals surface area contributed by atoms with Gasteiger partial charge in [-0.05, 0) is 30.4 Å². The average Bonchev–Trinajstić information content (AvgIpc) is 3.20. The molecule has 2 aromatic rings. The minimum atomic E-state index is 0.0753. The molecule has 2 aliphatic rings. The first kappa shape index (κ1) is 15.8. The van der Waals surface area contributed by atoms with Crippen LogP contribution in [0.2, 0.25) is 0 Å². The molecular weight excluding hydrogens is 318 g/mol. The topological polar surface area (TPSA) is 36.4 Å². The number of aryl methyl sites for hydroxylation is 1. The molecule has 1 atom stereocenters. The molecule has 0 bridgehead atoms. The number of benzene rings is 1. The van der Waals surface area contributed by atoms with E-state index in [9.17, 15) is 4.79 Å². The summed E-state index contributed by atoms with van der Waals surface area (Å²) in [6.45, 7) is 4.60. The van der Waals surface area contributed by atoms with E-state index in [0.717, 1.165) is 57.7 Å². The van der Waals surface area contributed by atoms with Crippen molar-refractivity contribution in [3.63, 3.8) is 0 Å². The summed E-state index contributed by atoms with van der Waals surface area (Å²) in [5.41, 5.74) is 5.65. The van der Waals surface area contributed by atoms with Gasteiger partial charge in [-0.2, -0.15) is 0 Å². The van der Waals surface area contributed by atoms with Gasteiger partial charge in [0.05, 0.1) is 17.1 Å². The number of thiazole rings is 1. The molecule has 1 aromatic carbocycles. The van der Waals surface area contributed by atoms with Gasteiger partial charge in [-0.25, -0.2) is 4.98 Å². The first-order valence-corrected chi connectivity index (χ1v) is 9.71. The van der Waals surface area contributed by atoms with Crippen molar-refractivity contribution in [1.82, 2.24) is 14.8 Å². The molecule has 24 heavy (non-hydrogen) atoms. The van der Waals surface area contributed by atoms with Crippen LogP contribution in [0, 0.1) is 0 Å². The van der Waals surface area contributed by atoms with Gasteiger partial charge in [0.1, 0.15) is 0 Å². The molecule has 5 heteroatoms. The second kappa shape index (κ2) is 7.03. The molecule has 1 amide bonds. The minimum absolute atomic E-state index is 0.0753. The monoisotopic (exact) mass is 341 g/mol. The van der Waals surface area contributed by atoms with Gasteiger partial charge in [0.25, 0.3) is 0 Å². The summed E-state index contributed by atoms with van der Waals surface area (Å²) in [5.74, 6) is 0.404. The number of carbonyl (C=O) groups is 1. The van der Waals surface area contributed by atoms with Crippen LogP contribution in [0.25, 0.3) is 0 Å². The maximum absolute atomic E-state index is 13.0. The van der Waals surface area contributed by atoms with Gasteiger partial charge in [0.2, 0.25) is 5.91 Å². The summed E-state index contributed by atoms with van der Waals surface area (Å²) in [6, 6.07) is 8.44. The predicted octanol–water partition coefficient (Wildman–Crippen LogP) is 2.91. The van der Waals surface area contributed by atoms with E-state index in [1.54, 1.807) is 11.3 Å². The van der Waals surface area contributed by atoms with Gasteiger partial charge in [-0.3, -0.25) is 9.69 Å². The first-order chi connectivity index (χ1) is 11.8. The van der Waals surface area contributed by atoms with E-state index < -0.39 is 0 Å². The number of nitrogens with zero attached hydrogens (tertiary/aromatic N) is 3. The number of fused-ring (bicyclic) bond motifs is 1. The molecule has 1 saturated heterocycles. The van der Waals surface area contributed by atoms with Crippen molar-refractivity contribution in [2.24, 2.45) is 0 Å². The van der Waals surface area contributed by atoms with Crippen molar-refractivity contribution in [3.05, 3.63) is 52.0 Å². The lowest BCUT2D eigenvalue weighted by Crippen LogP contribution is -2.37. The molecule has 0 saturated carbocycles. The van der Waals surface area contributed by atoms with Crippen molar-refractivity contribution < 1.29 is 4.79 Å². The van der Waals surface area contributed by atoms with Crippen molar-refractivity contribution in [3.8, 4) is 0 Å². The average molecular weight is 341 g/mol. The van der Waals surface area contributed by atoms with Crippen molar-refractivity contribution in [2.45, 2.75) is 31.7 Å². The van der Waals surface area contributed by atoms with Gasteiger partial charge in [-0.15, -0.1) is 11.3 Å². The molecule has 4 nitrogen and oxygen atoms in total. The summed E-state index contributed by atoms with van der Waals surface area (Å²) in [7, 11) is 0. The zero-order valence-electron chi connectivity index (χ0n) is 13.9. The van der Waals surface area contributed by atoms with Gasteiger partial charge >= 0.3 is 0 Å². The van der Waals surface area contributed by atoms with Crippen LogP contribution >= 0.6 is 11.3 Å². The summed E-state index contributed by atoms with van der Waals surface area (Å²) in [6.07, 6.45) is 3.05. The maximum Gasteiger partial charge on any atom is 0.230 e. The van der Waals surface area contributed by atoms with Crippen LogP contribution in [0.4, 0.5) is 0 Å². The molecule has 0 radical (unpaired) electrons. The number of amides is 1.